The molecule has 0 saturated carbocycles. The van der Waals surface area contributed by atoms with E-state index in [1.807, 2.05) is 19.2 Å². The van der Waals surface area contributed by atoms with Crippen molar-refractivity contribution < 1.29 is 4.79 Å². The van der Waals surface area contributed by atoms with Gasteiger partial charge >= 0.3 is 0 Å². The molecule has 0 atom stereocenters. The summed E-state index contributed by atoms with van der Waals surface area (Å²) in [5, 5.41) is 0. The van der Waals surface area contributed by atoms with Crippen molar-refractivity contribution in [1.29, 1.82) is 0 Å². The van der Waals surface area contributed by atoms with Gasteiger partial charge in [0.1, 0.15) is 11.3 Å². The van der Waals surface area contributed by atoms with Crippen LogP contribution in [0.5, 0.6) is 0 Å². The summed E-state index contributed by atoms with van der Waals surface area (Å²) >= 11 is 3.36. The van der Waals surface area contributed by atoms with Crippen LogP contribution in [0, 0.1) is 6.92 Å². The molecule has 2 heterocycles. The number of imidazole rings is 1. The summed E-state index contributed by atoms with van der Waals surface area (Å²) in [6.45, 7) is 1.93. The van der Waals surface area contributed by atoms with E-state index in [4.69, 9.17) is 5.73 Å². The minimum absolute atomic E-state index is 0.284. The molecule has 0 aliphatic carbocycles. The first-order chi connectivity index (χ1) is 6.58. The fourth-order valence-corrected chi connectivity index (χ4v) is 1.91. The molecule has 2 aromatic rings. The average molecular weight is 254 g/mol. The summed E-state index contributed by atoms with van der Waals surface area (Å²) in [6.07, 6.45) is 3.46. The van der Waals surface area contributed by atoms with Crippen molar-refractivity contribution in [3.05, 3.63) is 34.2 Å². The van der Waals surface area contributed by atoms with E-state index in [-0.39, 0.29) is 5.69 Å². The van der Waals surface area contributed by atoms with Gasteiger partial charge in [-0.3, -0.25) is 4.79 Å². The zero-order valence-corrected chi connectivity index (χ0v) is 9.08. The number of hydrogen-bond donors (Lipinski definition) is 1. The summed E-state index contributed by atoms with van der Waals surface area (Å²) in [5.74, 6) is -0.510. The van der Waals surface area contributed by atoms with Gasteiger partial charge in [0.25, 0.3) is 5.91 Å². The van der Waals surface area contributed by atoms with E-state index in [1.165, 1.54) is 0 Å². The molecule has 14 heavy (non-hydrogen) atoms. The van der Waals surface area contributed by atoms with Gasteiger partial charge in [-0.25, -0.2) is 4.98 Å². The maximum Gasteiger partial charge on any atom is 0.268 e. The number of pyridine rings is 1. The van der Waals surface area contributed by atoms with Crippen LogP contribution in [0.25, 0.3) is 5.65 Å². The Morgan fingerprint density at radius 1 is 1.57 bits per heavy atom. The smallest absolute Gasteiger partial charge is 0.268 e. The third-order valence-corrected chi connectivity index (χ3v) is 2.39. The number of aromatic nitrogens is 2. The second-order valence-electron chi connectivity index (χ2n) is 3.06. The van der Waals surface area contributed by atoms with Gasteiger partial charge in [0.15, 0.2) is 0 Å². The fraction of sp³-hybridized carbons (Fsp3) is 0.111. The minimum atomic E-state index is -0.510. The monoisotopic (exact) mass is 253 g/mol. The summed E-state index contributed by atoms with van der Waals surface area (Å²) < 4.78 is 2.72. The molecule has 0 radical (unpaired) electrons. The number of aryl methyl sites for hydroxylation is 1. The van der Waals surface area contributed by atoms with Gasteiger partial charge in [-0.05, 0) is 34.5 Å². The van der Waals surface area contributed by atoms with Crippen molar-refractivity contribution >= 4 is 27.5 Å². The lowest BCUT2D eigenvalue weighted by Gasteiger charge is -1.97. The van der Waals surface area contributed by atoms with E-state index in [9.17, 15) is 4.79 Å². The first kappa shape index (κ1) is 9.21. The normalized spacial score (nSPS) is 10.7. The van der Waals surface area contributed by atoms with E-state index >= 15 is 0 Å². The van der Waals surface area contributed by atoms with E-state index in [1.54, 1.807) is 10.6 Å². The quantitative estimate of drug-likeness (QED) is 0.838. The number of amides is 1. The fourth-order valence-electron chi connectivity index (χ4n) is 1.34. The highest BCUT2D eigenvalue weighted by Crippen LogP contribution is 2.16. The lowest BCUT2D eigenvalue weighted by atomic mass is 10.3. The van der Waals surface area contributed by atoms with Gasteiger partial charge in [0.2, 0.25) is 0 Å². The van der Waals surface area contributed by atoms with Gasteiger partial charge < -0.3 is 10.1 Å². The van der Waals surface area contributed by atoms with E-state index < -0.39 is 5.91 Å². The van der Waals surface area contributed by atoms with E-state index in [2.05, 4.69) is 20.9 Å². The second kappa shape index (κ2) is 3.09. The maximum atomic E-state index is 10.9. The predicted octanol–water partition coefficient (Wildman–Crippen LogP) is 1.50. The molecule has 72 valence electrons. The van der Waals surface area contributed by atoms with Crippen molar-refractivity contribution in [3.63, 3.8) is 0 Å². The standard InChI is InChI=1S/C9H8BrN3O/c1-5-2-6(10)3-13-4-7(8(11)14)12-9(5)13/h2-4H,1H3,(H2,11,14). The topological polar surface area (TPSA) is 60.4 Å². The highest BCUT2D eigenvalue weighted by atomic mass is 79.9. The first-order valence-electron chi connectivity index (χ1n) is 4.02. The predicted molar refractivity (Wildman–Crippen MR) is 56.1 cm³/mol. The molecule has 0 saturated heterocycles. The highest BCUT2D eigenvalue weighted by Gasteiger charge is 2.08. The Bertz CT molecular complexity index is 518. The molecule has 1 amide bonds. The lowest BCUT2D eigenvalue weighted by Crippen LogP contribution is -2.10. The van der Waals surface area contributed by atoms with Crippen LogP contribution in [-0.4, -0.2) is 15.3 Å². The molecule has 4 nitrogen and oxygen atoms in total. The minimum Gasteiger partial charge on any atom is -0.364 e. The molecule has 0 bridgehead atoms. The first-order valence-corrected chi connectivity index (χ1v) is 4.82. The van der Waals surface area contributed by atoms with Crippen LogP contribution in [0.1, 0.15) is 16.1 Å². The Morgan fingerprint density at radius 3 is 2.93 bits per heavy atom. The number of fused-ring (bicyclic) bond motifs is 1. The Balaban J connectivity index is 2.76. The van der Waals surface area contributed by atoms with Gasteiger partial charge in [0, 0.05) is 16.9 Å². The van der Waals surface area contributed by atoms with Crippen molar-refractivity contribution in [2.24, 2.45) is 5.73 Å². The van der Waals surface area contributed by atoms with Crippen molar-refractivity contribution in [3.8, 4) is 0 Å². The zero-order chi connectivity index (χ0) is 10.3. The summed E-state index contributed by atoms with van der Waals surface area (Å²) in [5.41, 5.74) is 7.17. The number of hydrogen-bond acceptors (Lipinski definition) is 2. The van der Waals surface area contributed by atoms with Crippen LogP contribution < -0.4 is 5.73 Å². The SMILES string of the molecule is Cc1cc(Br)cn2cc(C(N)=O)nc12. The molecule has 0 fully saturated rings. The molecule has 5 heteroatoms. The number of nitrogens with zero attached hydrogens (tertiary/aromatic N) is 2. The molecule has 2 aromatic heterocycles. The number of halogens is 1. The van der Waals surface area contributed by atoms with Crippen molar-refractivity contribution in [2.45, 2.75) is 6.92 Å². The number of rotatable bonds is 1. The molecule has 0 aliphatic heterocycles. The average Bonchev–Trinajstić information content (AvgIpc) is 2.47. The molecule has 2 rings (SSSR count). The van der Waals surface area contributed by atoms with Gasteiger partial charge in [-0.15, -0.1) is 0 Å². The third-order valence-electron chi connectivity index (χ3n) is 1.95. The molecular formula is C9H8BrN3O. The lowest BCUT2D eigenvalue weighted by molar-refractivity contribution is 0.0996. The second-order valence-corrected chi connectivity index (χ2v) is 3.98. The van der Waals surface area contributed by atoms with Gasteiger partial charge in [-0.1, -0.05) is 0 Å². The molecule has 0 aliphatic rings. The van der Waals surface area contributed by atoms with Crippen molar-refractivity contribution in [1.82, 2.24) is 9.38 Å². The largest absolute Gasteiger partial charge is 0.364 e. The number of carbonyl (C=O) groups excluding carboxylic acids is 1. The van der Waals surface area contributed by atoms with Gasteiger partial charge in [0.05, 0.1) is 0 Å². The van der Waals surface area contributed by atoms with Crippen LogP contribution in [0.15, 0.2) is 22.9 Å². The van der Waals surface area contributed by atoms with E-state index in [0.717, 1.165) is 15.7 Å². The molecule has 0 unspecified atom stereocenters. The molecule has 0 aromatic carbocycles. The zero-order valence-electron chi connectivity index (χ0n) is 7.49. The van der Waals surface area contributed by atoms with Crippen LogP contribution in [0.4, 0.5) is 0 Å². The van der Waals surface area contributed by atoms with Crippen LogP contribution in [0.3, 0.4) is 0 Å². The maximum absolute atomic E-state index is 10.9. The molecule has 0 spiro atoms. The molecule has 2 N–H and O–H groups in total. The third kappa shape index (κ3) is 1.39. The number of primary amides is 1. The van der Waals surface area contributed by atoms with Crippen molar-refractivity contribution in [2.75, 3.05) is 0 Å². The highest BCUT2D eigenvalue weighted by molar-refractivity contribution is 9.10. The van der Waals surface area contributed by atoms with E-state index in [0.29, 0.717) is 0 Å². The Morgan fingerprint density at radius 2 is 2.29 bits per heavy atom. The van der Waals surface area contributed by atoms with Crippen LogP contribution >= 0.6 is 15.9 Å². The number of carbonyl (C=O) groups is 1. The Kier molecular flexibility index (Phi) is 2.03. The summed E-state index contributed by atoms with van der Waals surface area (Å²) in [6, 6.07) is 1.94. The Labute approximate surface area is 88.9 Å². The Hall–Kier alpha value is -1.36. The summed E-state index contributed by atoms with van der Waals surface area (Å²) in [7, 11) is 0. The molecular weight excluding hydrogens is 246 g/mol. The summed E-state index contributed by atoms with van der Waals surface area (Å²) in [4.78, 5) is 15.0. The van der Waals surface area contributed by atoms with Crippen LogP contribution in [0.2, 0.25) is 0 Å². The van der Waals surface area contributed by atoms with Gasteiger partial charge in [-0.2, -0.15) is 0 Å². The number of nitrogens with two attached hydrogens (primary N) is 1. The van der Waals surface area contributed by atoms with Crippen LogP contribution in [-0.2, 0) is 0 Å².